The number of hydrogen-bond donors (Lipinski definition) is 1. The predicted octanol–water partition coefficient (Wildman–Crippen LogP) is 3.97. The molecule has 2 rings (SSSR count). The average molecular weight is 336 g/mol. The lowest BCUT2D eigenvalue weighted by Crippen LogP contribution is -2.13. The van der Waals surface area contributed by atoms with Gasteiger partial charge in [0.1, 0.15) is 5.82 Å². The van der Waals surface area contributed by atoms with Crippen LogP contribution in [0.3, 0.4) is 0 Å². The van der Waals surface area contributed by atoms with Crippen LogP contribution in [0, 0.1) is 0 Å². The molecule has 0 spiro atoms. The van der Waals surface area contributed by atoms with Gasteiger partial charge in [-0.15, -0.1) is 11.3 Å². The lowest BCUT2D eigenvalue weighted by atomic mass is 9.96. The molecule has 0 saturated carbocycles. The highest BCUT2D eigenvalue weighted by molar-refractivity contribution is 7.10. The van der Waals surface area contributed by atoms with E-state index in [0.29, 0.717) is 23.1 Å². The molecule has 0 aliphatic carbocycles. The zero-order valence-electron chi connectivity index (χ0n) is 11.8. The fraction of sp³-hybridized carbons (Fsp3) is 0.583. The van der Waals surface area contributed by atoms with E-state index in [1.165, 1.54) is 11.5 Å². The molecule has 0 aliphatic rings. The topological polar surface area (TPSA) is 50.7 Å². The summed E-state index contributed by atoms with van der Waals surface area (Å²) in [4.78, 5) is 7.93. The Morgan fingerprint density at radius 2 is 1.90 bits per heavy atom. The third-order valence-corrected chi connectivity index (χ3v) is 4.14. The molecule has 2 aromatic heterocycles. The number of anilines is 1. The molecule has 0 saturated heterocycles. The predicted molar refractivity (Wildman–Crippen MR) is 77.9 cm³/mol. The van der Waals surface area contributed by atoms with E-state index in [4.69, 9.17) is 0 Å². The Morgan fingerprint density at radius 1 is 1.19 bits per heavy atom. The van der Waals surface area contributed by atoms with Gasteiger partial charge in [-0.25, -0.2) is 9.97 Å². The van der Waals surface area contributed by atoms with E-state index in [1.807, 2.05) is 20.8 Å². The van der Waals surface area contributed by atoms with Gasteiger partial charge in [0.25, 0.3) is 0 Å². The third kappa shape index (κ3) is 4.37. The van der Waals surface area contributed by atoms with Gasteiger partial charge in [-0.1, -0.05) is 20.8 Å². The zero-order chi connectivity index (χ0) is 15.7. The Kier molecular flexibility index (Phi) is 4.52. The molecule has 2 aromatic rings. The first kappa shape index (κ1) is 16.2. The van der Waals surface area contributed by atoms with Gasteiger partial charge in [0.2, 0.25) is 5.13 Å². The molecule has 0 amide bonds. The summed E-state index contributed by atoms with van der Waals surface area (Å²) in [5.74, 6) is 0.753. The summed E-state index contributed by atoms with van der Waals surface area (Å²) in [5, 5.41) is 5.23. The maximum Gasteiger partial charge on any atom is 0.434 e. The lowest BCUT2D eigenvalue weighted by Gasteiger charge is -2.12. The molecule has 0 atom stereocenters. The molecular weight excluding hydrogens is 321 g/mol. The van der Waals surface area contributed by atoms with Gasteiger partial charge in [0, 0.05) is 35.3 Å². The highest BCUT2D eigenvalue weighted by atomic mass is 32.1. The minimum absolute atomic E-state index is 0.118. The second kappa shape index (κ2) is 5.88. The van der Waals surface area contributed by atoms with Gasteiger partial charge >= 0.3 is 6.18 Å². The Bertz CT molecular complexity index is 546. The van der Waals surface area contributed by atoms with Crippen molar-refractivity contribution in [3.63, 3.8) is 0 Å². The second-order valence-corrected chi connectivity index (χ2v) is 7.17. The Hall–Kier alpha value is -1.22. The van der Waals surface area contributed by atoms with E-state index in [2.05, 4.69) is 19.7 Å². The van der Waals surface area contributed by atoms with Crippen molar-refractivity contribution >= 4 is 28.0 Å². The van der Waals surface area contributed by atoms with Crippen LogP contribution in [0.4, 0.5) is 18.3 Å². The number of aromatic nitrogens is 3. The SMILES string of the molecule is CC(C)(C)c1nsc(NCCc2nc(C(F)(F)F)cs2)n1. The number of thiazole rings is 1. The summed E-state index contributed by atoms with van der Waals surface area (Å²) >= 11 is 2.27. The Morgan fingerprint density at radius 3 is 2.43 bits per heavy atom. The molecule has 9 heteroatoms. The maximum atomic E-state index is 12.4. The highest BCUT2D eigenvalue weighted by Gasteiger charge is 2.33. The number of nitrogens with zero attached hydrogens (tertiary/aromatic N) is 3. The standard InChI is InChI=1S/C12H15F3N4S2/c1-11(2,3)9-18-10(21-19-9)16-5-4-8-17-7(6-20-8)12(13,14)15/h6H,4-5H2,1-3H3,(H,16,18,19). The van der Waals surface area contributed by atoms with E-state index in [0.717, 1.165) is 22.5 Å². The van der Waals surface area contributed by atoms with E-state index < -0.39 is 11.9 Å². The summed E-state index contributed by atoms with van der Waals surface area (Å²) in [6, 6.07) is 0. The molecule has 21 heavy (non-hydrogen) atoms. The molecule has 0 fully saturated rings. The summed E-state index contributed by atoms with van der Waals surface area (Å²) in [6.07, 6.45) is -3.95. The van der Waals surface area contributed by atoms with Crippen LogP contribution in [0.5, 0.6) is 0 Å². The molecule has 4 nitrogen and oxygen atoms in total. The summed E-state index contributed by atoms with van der Waals surface area (Å²) in [5.41, 5.74) is -0.943. The van der Waals surface area contributed by atoms with Crippen LogP contribution in [0.15, 0.2) is 5.38 Å². The lowest BCUT2D eigenvalue weighted by molar-refractivity contribution is -0.140. The van der Waals surface area contributed by atoms with Crippen molar-refractivity contribution in [2.75, 3.05) is 11.9 Å². The van der Waals surface area contributed by atoms with Gasteiger partial charge in [-0.2, -0.15) is 17.5 Å². The number of halogens is 3. The van der Waals surface area contributed by atoms with Gasteiger partial charge in [0.15, 0.2) is 5.69 Å². The molecular formula is C12H15F3N4S2. The zero-order valence-corrected chi connectivity index (χ0v) is 13.4. The molecule has 116 valence electrons. The highest BCUT2D eigenvalue weighted by Crippen LogP contribution is 2.30. The summed E-state index contributed by atoms with van der Waals surface area (Å²) < 4.78 is 41.5. The fourth-order valence-corrected chi connectivity index (χ4v) is 3.02. The molecule has 0 aliphatic heterocycles. The van der Waals surface area contributed by atoms with Gasteiger partial charge < -0.3 is 5.32 Å². The molecule has 1 N–H and O–H groups in total. The summed E-state index contributed by atoms with van der Waals surface area (Å²) in [6.45, 7) is 6.54. The van der Waals surface area contributed by atoms with E-state index in [9.17, 15) is 13.2 Å². The van der Waals surface area contributed by atoms with Gasteiger partial charge in [-0.05, 0) is 0 Å². The van der Waals surface area contributed by atoms with Crippen LogP contribution >= 0.6 is 22.9 Å². The second-order valence-electron chi connectivity index (χ2n) is 5.47. The molecule has 0 unspecified atom stereocenters. The van der Waals surface area contributed by atoms with Crippen LogP contribution in [0.1, 0.15) is 37.3 Å². The molecule has 0 aromatic carbocycles. The van der Waals surface area contributed by atoms with E-state index >= 15 is 0 Å². The largest absolute Gasteiger partial charge is 0.434 e. The van der Waals surface area contributed by atoms with Crippen molar-refractivity contribution < 1.29 is 13.2 Å². The minimum atomic E-state index is -4.37. The van der Waals surface area contributed by atoms with Crippen molar-refractivity contribution in [2.24, 2.45) is 0 Å². The van der Waals surface area contributed by atoms with E-state index in [-0.39, 0.29) is 5.41 Å². The fourth-order valence-electron chi connectivity index (χ4n) is 1.43. The number of nitrogens with one attached hydrogen (secondary N) is 1. The first-order valence-electron chi connectivity index (χ1n) is 6.26. The van der Waals surface area contributed by atoms with Crippen LogP contribution in [-0.4, -0.2) is 20.9 Å². The quantitative estimate of drug-likeness (QED) is 0.918. The summed E-state index contributed by atoms with van der Waals surface area (Å²) in [7, 11) is 0. The van der Waals surface area contributed by atoms with Crippen LogP contribution in [0.25, 0.3) is 0 Å². The van der Waals surface area contributed by atoms with Crippen LogP contribution in [0.2, 0.25) is 0 Å². The van der Waals surface area contributed by atoms with Gasteiger partial charge in [0.05, 0.1) is 5.01 Å². The van der Waals surface area contributed by atoms with Crippen molar-refractivity contribution in [1.29, 1.82) is 0 Å². The van der Waals surface area contributed by atoms with Crippen LogP contribution in [-0.2, 0) is 18.0 Å². The molecule has 2 heterocycles. The smallest absolute Gasteiger partial charge is 0.360 e. The van der Waals surface area contributed by atoms with Crippen molar-refractivity contribution in [3.8, 4) is 0 Å². The van der Waals surface area contributed by atoms with Crippen molar-refractivity contribution in [1.82, 2.24) is 14.3 Å². The molecule has 0 bridgehead atoms. The number of hydrogen-bond acceptors (Lipinski definition) is 6. The first-order valence-corrected chi connectivity index (χ1v) is 7.91. The normalized spacial score (nSPS) is 12.7. The molecule has 0 radical (unpaired) electrons. The van der Waals surface area contributed by atoms with Crippen molar-refractivity contribution in [2.45, 2.75) is 38.8 Å². The van der Waals surface area contributed by atoms with Crippen molar-refractivity contribution in [3.05, 3.63) is 21.9 Å². The van der Waals surface area contributed by atoms with Crippen LogP contribution < -0.4 is 5.32 Å². The maximum absolute atomic E-state index is 12.4. The number of alkyl halides is 3. The Balaban J connectivity index is 1.87. The van der Waals surface area contributed by atoms with E-state index in [1.54, 1.807) is 0 Å². The van der Waals surface area contributed by atoms with Gasteiger partial charge in [-0.3, -0.25) is 0 Å². The third-order valence-electron chi connectivity index (χ3n) is 2.55. The minimum Gasteiger partial charge on any atom is -0.360 e. The Labute approximate surface area is 128 Å². The number of rotatable bonds is 4. The average Bonchev–Trinajstić information content (AvgIpc) is 2.95. The first-order chi connectivity index (χ1) is 9.66. The monoisotopic (exact) mass is 336 g/mol.